The van der Waals surface area contributed by atoms with Crippen molar-refractivity contribution in [3.8, 4) is 11.3 Å². The molecule has 1 fully saturated rings. The van der Waals surface area contributed by atoms with E-state index >= 15 is 0 Å². The van der Waals surface area contributed by atoms with E-state index < -0.39 is 5.97 Å². The Labute approximate surface area is 209 Å². The maximum Gasteiger partial charge on any atom is 0.328 e. The number of rotatable bonds is 5. The van der Waals surface area contributed by atoms with Crippen LogP contribution in [0.3, 0.4) is 0 Å². The van der Waals surface area contributed by atoms with Gasteiger partial charge in [0, 0.05) is 33.7 Å². The van der Waals surface area contributed by atoms with Gasteiger partial charge in [0.1, 0.15) is 11.3 Å². The van der Waals surface area contributed by atoms with E-state index in [9.17, 15) is 9.59 Å². The number of aromatic nitrogens is 2. The molecule has 1 aliphatic rings. The Morgan fingerprint density at radius 1 is 1.15 bits per heavy atom. The molecule has 0 aliphatic heterocycles. The topological polar surface area (TPSA) is 85.3 Å². The molecule has 0 amide bonds. The molecular weight excluding hydrogens is 499 g/mol. The lowest BCUT2D eigenvalue weighted by Crippen LogP contribution is -2.16. The fraction of sp³-hybridized carbons (Fsp3) is 0.160. The van der Waals surface area contributed by atoms with Gasteiger partial charge in [0.05, 0.1) is 15.6 Å². The van der Waals surface area contributed by atoms with E-state index in [0.29, 0.717) is 27.4 Å². The highest BCUT2D eigenvalue weighted by atomic mass is 35.5. The van der Waals surface area contributed by atoms with E-state index in [4.69, 9.17) is 44.4 Å². The molecule has 1 saturated carbocycles. The molecule has 2 aromatic carbocycles. The summed E-state index contributed by atoms with van der Waals surface area (Å²) >= 11 is 19.0. The summed E-state index contributed by atoms with van der Waals surface area (Å²) in [5, 5.41) is 14.8. The summed E-state index contributed by atoms with van der Waals surface area (Å²) in [7, 11) is 0. The Morgan fingerprint density at radius 3 is 2.50 bits per heavy atom. The molecule has 0 bridgehead atoms. The van der Waals surface area contributed by atoms with Crippen LogP contribution in [0.15, 0.2) is 53.2 Å². The Kier molecular flexibility index (Phi) is 5.55. The lowest BCUT2D eigenvalue weighted by atomic mass is 9.97. The number of hydrogen-bond donors (Lipinski definition) is 1. The number of halogens is 3. The van der Waals surface area contributed by atoms with Crippen LogP contribution >= 0.6 is 34.8 Å². The van der Waals surface area contributed by atoms with Crippen LogP contribution in [-0.4, -0.2) is 26.7 Å². The van der Waals surface area contributed by atoms with Gasteiger partial charge in [-0.25, -0.2) is 4.79 Å². The zero-order valence-corrected chi connectivity index (χ0v) is 20.1. The molecule has 5 rings (SSSR count). The number of nitrogens with zero attached hydrogens (tertiary/aromatic N) is 2. The molecule has 0 saturated heterocycles. The van der Waals surface area contributed by atoms with Crippen molar-refractivity contribution in [2.75, 3.05) is 0 Å². The van der Waals surface area contributed by atoms with E-state index in [1.807, 2.05) is 6.92 Å². The van der Waals surface area contributed by atoms with Crippen molar-refractivity contribution in [3.63, 3.8) is 0 Å². The number of carboxylic acids is 1. The Balaban J connectivity index is 1.70. The molecule has 34 heavy (non-hydrogen) atoms. The van der Waals surface area contributed by atoms with Crippen molar-refractivity contribution in [1.82, 2.24) is 9.72 Å². The van der Waals surface area contributed by atoms with Crippen LogP contribution in [0.1, 0.15) is 41.4 Å². The molecule has 4 aromatic rings. The highest BCUT2D eigenvalue weighted by molar-refractivity contribution is 6.42. The van der Waals surface area contributed by atoms with Crippen LogP contribution in [0.5, 0.6) is 0 Å². The first-order valence-electron chi connectivity index (χ1n) is 10.4. The number of carbonyl (C=O) groups excluding carboxylic acids is 1. The Bertz CT molecular complexity index is 1490. The lowest BCUT2D eigenvalue weighted by molar-refractivity contribution is -0.131. The summed E-state index contributed by atoms with van der Waals surface area (Å²) in [4.78, 5) is 24.9. The second kappa shape index (κ2) is 8.31. The summed E-state index contributed by atoms with van der Waals surface area (Å²) in [5.74, 6) is -0.921. The average molecular weight is 516 g/mol. The average Bonchev–Trinajstić information content (AvgIpc) is 3.19. The van der Waals surface area contributed by atoms with Gasteiger partial charge in [0.25, 0.3) is 5.91 Å². The molecule has 0 radical (unpaired) electrons. The van der Waals surface area contributed by atoms with Crippen molar-refractivity contribution in [1.29, 1.82) is 0 Å². The molecule has 2 heterocycles. The van der Waals surface area contributed by atoms with E-state index in [1.54, 1.807) is 30.5 Å². The minimum Gasteiger partial charge on any atom is -0.478 e. The third kappa shape index (κ3) is 3.82. The minimum atomic E-state index is -1.05. The molecule has 0 spiro atoms. The predicted octanol–water partition coefficient (Wildman–Crippen LogP) is 7.09. The van der Waals surface area contributed by atoms with Crippen LogP contribution in [0.2, 0.25) is 15.1 Å². The molecule has 0 atom stereocenters. The highest BCUT2D eigenvalue weighted by Crippen LogP contribution is 2.51. The molecule has 2 aromatic heterocycles. The van der Waals surface area contributed by atoms with Crippen LogP contribution in [0.4, 0.5) is 0 Å². The first-order chi connectivity index (χ1) is 16.2. The first-order valence-corrected chi connectivity index (χ1v) is 11.5. The third-order valence-corrected chi connectivity index (χ3v) is 6.90. The minimum absolute atomic E-state index is 0.253. The number of benzene rings is 2. The second-order valence-corrected chi connectivity index (χ2v) is 9.73. The van der Waals surface area contributed by atoms with Gasteiger partial charge < -0.3 is 9.63 Å². The zero-order chi connectivity index (χ0) is 24.2. The van der Waals surface area contributed by atoms with Crippen molar-refractivity contribution < 1.29 is 19.2 Å². The van der Waals surface area contributed by atoms with Crippen molar-refractivity contribution in [2.24, 2.45) is 0 Å². The monoisotopic (exact) mass is 514 g/mol. The summed E-state index contributed by atoms with van der Waals surface area (Å²) in [5.41, 5.74) is 1.90. The number of aliphatic carboxylic acids is 1. The summed E-state index contributed by atoms with van der Waals surface area (Å²) < 4.78 is 7.22. The molecular formula is C25H17Cl3N2O4. The van der Waals surface area contributed by atoms with Gasteiger partial charge in [0.15, 0.2) is 5.76 Å². The van der Waals surface area contributed by atoms with Gasteiger partial charge in [-0.2, -0.15) is 0 Å². The van der Waals surface area contributed by atoms with Gasteiger partial charge in [0.2, 0.25) is 0 Å². The number of hydrogen-bond acceptors (Lipinski definition) is 4. The number of carbonyl (C=O) groups is 2. The largest absolute Gasteiger partial charge is 0.478 e. The fourth-order valence-corrected chi connectivity index (χ4v) is 5.05. The molecule has 0 unspecified atom stereocenters. The van der Waals surface area contributed by atoms with E-state index in [1.165, 1.54) is 22.8 Å². The Hall–Kier alpha value is -3.06. The van der Waals surface area contributed by atoms with Gasteiger partial charge in [-0.3, -0.25) is 9.36 Å². The van der Waals surface area contributed by atoms with Crippen molar-refractivity contribution in [3.05, 3.63) is 80.6 Å². The molecule has 1 N–H and O–H groups in total. The smallest absolute Gasteiger partial charge is 0.328 e. The quantitative estimate of drug-likeness (QED) is 0.287. The zero-order valence-electron chi connectivity index (χ0n) is 17.8. The van der Waals surface area contributed by atoms with Crippen molar-refractivity contribution >= 4 is 63.7 Å². The number of carboxylic acid groups (broad SMARTS) is 1. The third-order valence-electron chi connectivity index (χ3n) is 6.09. The Morgan fingerprint density at radius 2 is 1.85 bits per heavy atom. The van der Waals surface area contributed by atoms with Gasteiger partial charge in [-0.1, -0.05) is 59.0 Å². The molecule has 6 nitrogen and oxygen atoms in total. The van der Waals surface area contributed by atoms with E-state index in [-0.39, 0.29) is 32.6 Å². The maximum atomic E-state index is 14.0. The van der Waals surface area contributed by atoms with Crippen molar-refractivity contribution in [2.45, 2.75) is 25.2 Å². The summed E-state index contributed by atoms with van der Waals surface area (Å²) in [6, 6.07) is 10.2. The predicted molar refractivity (Wildman–Crippen MR) is 132 cm³/mol. The van der Waals surface area contributed by atoms with Gasteiger partial charge in [-0.05, 0) is 48.7 Å². The maximum absolute atomic E-state index is 14.0. The normalized spacial score (nSPS) is 14.7. The fourth-order valence-electron chi connectivity index (χ4n) is 4.05. The first kappa shape index (κ1) is 22.7. The van der Waals surface area contributed by atoms with Crippen LogP contribution in [0.25, 0.3) is 28.2 Å². The van der Waals surface area contributed by atoms with Crippen LogP contribution in [0, 0.1) is 0 Å². The lowest BCUT2D eigenvalue weighted by Gasteiger charge is -2.11. The molecule has 9 heteroatoms. The van der Waals surface area contributed by atoms with Crippen LogP contribution in [-0.2, 0) is 10.2 Å². The van der Waals surface area contributed by atoms with Gasteiger partial charge in [-0.15, -0.1) is 0 Å². The van der Waals surface area contributed by atoms with E-state index in [0.717, 1.165) is 24.3 Å². The SMILES string of the molecule is CC1(c2onc(-c3c(Cl)cc(Cl)cc3Cl)c2C(=O)n2ccc3c(/C=C/C(=O)O)cccc32)CC1. The standard InChI is InChI=1S/C25H17Cl3N2O4/c1-25(8-9-25)23-21(22(29-34-23)20-16(27)11-14(26)12-17(20)28)24(33)30-10-7-15-13(5-6-19(31)32)3-2-4-18(15)30/h2-7,10-12H,8-9H2,1H3,(H,31,32)/b6-5+. The molecule has 172 valence electrons. The summed E-state index contributed by atoms with van der Waals surface area (Å²) in [6.45, 7) is 2.02. The number of fused-ring (bicyclic) bond motifs is 1. The highest BCUT2D eigenvalue weighted by Gasteiger charge is 2.47. The van der Waals surface area contributed by atoms with Crippen LogP contribution < -0.4 is 0 Å². The molecule has 1 aliphatic carbocycles. The second-order valence-electron chi connectivity index (χ2n) is 8.48. The van der Waals surface area contributed by atoms with Gasteiger partial charge >= 0.3 is 5.97 Å². The summed E-state index contributed by atoms with van der Waals surface area (Å²) in [6.07, 6.45) is 5.92. The van der Waals surface area contributed by atoms with E-state index in [2.05, 4.69) is 5.16 Å².